The van der Waals surface area contributed by atoms with Crippen LogP contribution in [0.5, 0.6) is 5.75 Å². The van der Waals surface area contributed by atoms with Crippen LogP contribution in [0, 0.1) is 0 Å². The lowest BCUT2D eigenvalue weighted by Crippen LogP contribution is -2.15. The summed E-state index contributed by atoms with van der Waals surface area (Å²) in [7, 11) is 1.66. The Hall–Kier alpha value is -3.35. The average Bonchev–Trinajstić information content (AvgIpc) is 3.14. The first-order chi connectivity index (χ1) is 13.2. The number of carbonyl (C=O) groups is 1. The van der Waals surface area contributed by atoms with Crippen LogP contribution in [0.1, 0.15) is 28.5 Å². The molecule has 0 fully saturated rings. The van der Waals surface area contributed by atoms with Gasteiger partial charge in [-0.1, -0.05) is 12.1 Å². The van der Waals surface area contributed by atoms with Crippen LogP contribution in [0.3, 0.4) is 0 Å². The average molecular weight is 365 g/mol. The SMILES string of the molecule is CCNc1ncccc1C(=O)Nc1cc(CCc2cccc(OC)c2)[nH]n1. The van der Waals surface area contributed by atoms with Gasteiger partial charge in [-0.3, -0.25) is 9.89 Å². The van der Waals surface area contributed by atoms with Gasteiger partial charge in [0.25, 0.3) is 5.91 Å². The second kappa shape index (κ2) is 8.84. The molecule has 1 aromatic carbocycles. The van der Waals surface area contributed by atoms with E-state index in [1.807, 2.05) is 31.2 Å². The second-order valence-corrected chi connectivity index (χ2v) is 6.01. The maximum absolute atomic E-state index is 12.5. The molecule has 0 saturated carbocycles. The molecule has 0 atom stereocenters. The number of H-pyrrole nitrogens is 1. The van der Waals surface area contributed by atoms with Crippen LogP contribution >= 0.6 is 0 Å². The highest BCUT2D eigenvalue weighted by Gasteiger charge is 2.13. The highest BCUT2D eigenvalue weighted by atomic mass is 16.5. The molecule has 0 aliphatic heterocycles. The number of aryl methyl sites for hydroxylation is 2. The number of nitrogens with zero attached hydrogens (tertiary/aromatic N) is 2. The molecule has 2 heterocycles. The third-order valence-corrected chi connectivity index (χ3v) is 4.09. The van der Waals surface area contributed by atoms with Crippen molar-refractivity contribution < 1.29 is 9.53 Å². The summed E-state index contributed by atoms with van der Waals surface area (Å²) in [6, 6.07) is 13.3. The van der Waals surface area contributed by atoms with Crippen LogP contribution < -0.4 is 15.4 Å². The summed E-state index contributed by atoms with van der Waals surface area (Å²) >= 11 is 0. The van der Waals surface area contributed by atoms with Crippen LogP contribution in [-0.4, -0.2) is 34.7 Å². The predicted octanol–water partition coefficient (Wildman–Crippen LogP) is 3.28. The molecule has 27 heavy (non-hydrogen) atoms. The number of methoxy groups -OCH3 is 1. The standard InChI is InChI=1S/C20H23N5O2/c1-3-21-19-17(8-5-11-22-19)20(26)23-18-13-15(24-25-18)10-9-14-6-4-7-16(12-14)27-2/h4-8,11-13H,3,9-10H2,1-2H3,(H,21,22)(H2,23,24,25,26). The van der Waals surface area contributed by atoms with Gasteiger partial charge >= 0.3 is 0 Å². The van der Waals surface area contributed by atoms with Crippen molar-refractivity contribution in [3.05, 3.63) is 65.5 Å². The molecule has 0 radical (unpaired) electrons. The lowest BCUT2D eigenvalue weighted by atomic mass is 10.1. The van der Waals surface area contributed by atoms with Crippen LogP contribution in [0.25, 0.3) is 0 Å². The van der Waals surface area contributed by atoms with Gasteiger partial charge < -0.3 is 15.4 Å². The number of carbonyl (C=O) groups excluding carboxylic acids is 1. The van der Waals surface area contributed by atoms with Gasteiger partial charge in [0.2, 0.25) is 0 Å². The number of nitrogens with one attached hydrogen (secondary N) is 3. The first kappa shape index (κ1) is 18.4. The number of hydrogen-bond donors (Lipinski definition) is 3. The summed E-state index contributed by atoms with van der Waals surface area (Å²) in [4.78, 5) is 16.7. The van der Waals surface area contributed by atoms with E-state index in [4.69, 9.17) is 4.74 Å². The lowest BCUT2D eigenvalue weighted by molar-refractivity contribution is 0.102. The number of aromatic nitrogens is 3. The first-order valence-electron chi connectivity index (χ1n) is 8.87. The molecule has 3 N–H and O–H groups in total. The Kier molecular flexibility index (Phi) is 6.04. The van der Waals surface area contributed by atoms with Gasteiger partial charge in [-0.25, -0.2) is 4.98 Å². The van der Waals surface area contributed by atoms with Crippen molar-refractivity contribution in [2.45, 2.75) is 19.8 Å². The number of aromatic amines is 1. The first-order valence-corrected chi connectivity index (χ1v) is 8.87. The topological polar surface area (TPSA) is 91.9 Å². The normalized spacial score (nSPS) is 10.4. The van der Waals surface area contributed by atoms with Crippen molar-refractivity contribution in [2.75, 3.05) is 24.3 Å². The van der Waals surface area contributed by atoms with Crippen molar-refractivity contribution in [2.24, 2.45) is 0 Å². The molecule has 0 aliphatic rings. The number of ether oxygens (including phenoxy) is 1. The van der Waals surface area contributed by atoms with Gasteiger partial charge in [-0.2, -0.15) is 5.10 Å². The zero-order chi connectivity index (χ0) is 19.1. The highest BCUT2D eigenvalue weighted by Crippen LogP contribution is 2.17. The highest BCUT2D eigenvalue weighted by molar-refractivity contribution is 6.07. The smallest absolute Gasteiger partial charge is 0.260 e. The zero-order valence-electron chi connectivity index (χ0n) is 15.5. The molecular weight excluding hydrogens is 342 g/mol. The Morgan fingerprint density at radius 2 is 2.07 bits per heavy atom. The van der Waals surface area contributed by atoms with Crippen LogP contribution in [0.2, 0.25) is 0 Å². The second-order valence-electron chi connectivity index (χ2n) is 6.01. The summed E-state index contributed by atoms with van der Waals surface area (Å²) in [5, 5.41) is 13.1. The van der Waals surface area contributed by atoms with Crippen LogP contribution in [0.4, 0.5) is 11.6 Å². The van der Waals surface area contributed by atoms with Gasteiger partial charge in [-0.15, -0.1) is 0 Å². The van der Waals surface area contributed by atoms with Crippen molar-refractivity contribution >= 4 is 17.5 Å². The fraction of sp³-hybridized carbons (Fsp3) is 0.250. The van der Waals surface area contributed by atoms with E-state index < -0.39 is 0 Å². The largest absolute Gasteiger partial charge is 0.497 e. The third kappa shape index (κ3) is 4.84. The summed E-state index contributed by atoms with van der Waals surface area (Å²) in [5.74, 6) is 1.65. The van der Waals surface area contributed by atoms with Crippen molar-refractivity contribution in [1.29, 1.82) is 0 Å². The lowest BCUT2D eigenvalue weighted by Gasteiger charge is -2.08. The predicted molar refractivity (Wildman–Crippen MR) is 105 cm³/mol. The Labute approximate surface area is 158 Å². The van der Waals surface area contributed by atoms with E-state index in [0.29, 0.717) is 23.7 Å². The number of anilines is 2. The number of rotatable bonds is 8. The quantitative estimate of drug-likeness (QED) is 0.570. The minimum absolute atomic E-state index is 0.245. The Balaban J connectivity index is 1.61. The minimum atomic E-state index is -0.245. The van der Waals surface area contributed by atoms with E-state index in [2.05, 4.69) is 31.9 Å². The Morgan fingerprint density at radius 1 is 1.19 bits per heavy atom. The molecule has 0 bridgehead atoms. The van der Waals surface area contributed by atoms with E-state index in [0.717, 1.165) is 24.3 Å². The van der Waals surface area contributed by atoms with E-state index in [1.165, 1.54) is 5.56 Å². The molecule has 3 rings (SSSR count). The maximum atomic E-state index is 12.5. The van der Waals surface area contributed by atoms with Gasteiger partial charge in [0.05, 0.1) is 12.7 Å². The fourth-order valence-corrected chi connectivity index (χ4v) is 2.74. The number of hydrogen-bond acceptors (Lipinski definition) is 5. The molecule has 7 nitrogen and oxygen atoms in total. The van der Waals surface area contributed by atoms with E-state index in [9.17, 15) is 4.79 Å². The summed E-state index contributed by atoms with van der Waals surface area (Å²) in [6.45, 7) is 2.65. The molecule has 0 saturated heterocycles. The Morgan fingerprint density at radius 3 is 2.89 bits per heavy atom. The summed E-state index contributed by atoms with van der Waals surface area (Å²) in [5.41, 5.74) is 2.62. The van der Waals surface area contributed by atoms with Crippen molar-refractivity contribution in [3.8, 4) is 5.75 Å². The van der Waals surface area contributed by atoms with Gasteiger partial charge in [0, 0.05) is 24.5 Å². The minimum Gasteiger partial charge on any atom is -0.497 e. The molecule has 140 valence electrons. The molecule has 0 unspecified atom stereocenters. The number of benzene rings is 1. The Bertz CT molecular complexity index is 907. The van der Waals surface area contributed by atoms with Crippen molar-refractivity contribution in [3.63, 3.8) is 0 Å². The molecule has 3 aromatic rings. The van der Waals surface area contributed by atoms with E-state index in [-0.39, 0.29) is 5.91 Å². The van der Waals surface area contributed by atoms with Gasteiger partial charge in [0.15, 0.2) is 5.82 Å². The van der Waals surface area contributed by atoms with Gasteiger partial charge in [-0.05, 0) is 49.6 Å². The summed E-state index contributed by atoms with van der Waals surface area (Å²) < 4.78 is 5.25. The number of amides is 1. The molecule has 0 aliphatic carbocycles. The van der Waals surface area contributed by atoms with E-state index >= 15 is 0 Å². The monoisotopic (exact) mass is 365 g/mol. The van der Waals surface area contributed by atoms with Gasteiger partial charge in [0.1, 0.15) is 11.6 Å². The fourth-order valence-electron chi connectivity index (χ4n) is 2.74. The van der Waals surface area contributed by atoms with Crippen LogP contribution in [0.15, 0.2) is 48.7 Å². The van der Waals surface area contributed by atoms with Crippen molar-refractivity contribution in [1.82, 2.24) is 15.2 Å². The number of pyridine rings is 1. The molecule has 1 amide bonds. The molecule has 0 spiro atoms. The van der Waals surface area contributed by atoms with Crippen LogP contribution in [-0.2, 0) is 12.8 Å². The maximum Gasteiger partial charge on any atom is 0.260 e. The molecule has 7 heteroatoms. The molecular formula is C20H23N5O2. The van der Waals surface area contributed by atoms with E-state index in [1.54, 1.807) is 25.4 Å². The molecule has 2 aromatic heterocycles. The summed E-state index contributed by atoms with van der Waals surface area (Å²) in [6.07, 6.45) is 3.28. The zero-order valence-corrected chi connectivity index (χ0v) is 15.5. The third-order valence-electron chi connectivity index (χ3n) is 4.09.